The van der Waals surface area contributed by atoms with Gasteiger partial charge in [0.2, 0.25) is 0 Å². The predicted molar refractivity (Wildman–Crippen MR) is 81.7 cm³/mol. The number of aromatic nitrogens is 2. The third-order valence-electron chi connectivity index (χ3n) is 3.61. The van der Waals surface area contributed by atoms with Crippen molar-refractivity contribution >= 4 is 17.4 Å². The lowest BCUT2D eigenvalue weighted by Crippen LogP contribution is -2.39. The zero-order valence-corrected chi connectivity index (χ0v) is 13.2. The molecule has 0 unspecified atom stereocenters. The van der Waals surface area contributed by atoms with E-state index < -0.39 is 0 Å². The minimum atomic E-state index is 0.369. The van der Waals surface area contributed by atoms with E-state index in [0.717, 1.165) is 44.2 Å². The van der Waals surface area contributed by atoms with Gasteiger partial charge in [-0.05, 0) is 25.3 Å². The summed E-state index contributed by atoms with van der Waals surface area (Å²) >= 11 is 6.19. The lowest BCUT2D eigenvalue weighted by atomic mass is 9.96. The number of hydrogen-bond donors (Lipinski definition) is 1. The molecule has 6 heteroatoms. The summed E-state index contributed by atoms with van der Waals surface area (Å²) in [6, 6.07) is 0.918. The Labute approximate surface area is 125 Å². The van der Waals surface area contributed by atoms with Gasteiger partial charge in [-0.3, -0.25) is 0 Å². The molecule has 0 bridgehead atoms. The fourth-order valence-corrected chi connectivity index (χ4v) is 2.62. The first kappa shape index (κ1) is 15.3. The summed E-state index contributed by atoms with van der Waals surface area (Å²) in [6.45, 7) is 7.41. The second-order valence-electron chi connectivity index (χ2n) is 5.52. The molecule has 1 aromatic heterocycles. The molecule has 1 N–H and O–H groups in total. The van der Waals surface area contributed by atoms with Crippen LogP contribution in [0.5, 0.6) is 6.01 Å². The smallest absolute Gasteiger partial charge is 0.318 e. The molecule has 0 saturated carbocycles. The van der Waals surface area contributed by atoms with Gasteiger partial charge in [-0.15, -0.1) is 0 Å². The Bertz CT molecular complexity index is 433. The van der Waals surface area contributed by atoms with Crippen LogP contribution < -0.4 is 15.0 Å². The van der Waals surface area contributed by atoms with Crippen LogP contribution in [0.4, 0.5) is 5.82 Å². The molecular formula is C14H23ClN4O. The first-order valence-corrected chi connectivity index (χ1v) is 7.52. The Kier molecular flexibility index (Phi) is 5.43. The average molecular weight is 299 g/mol. The first-order valence-electron chi connectivity index (χ1n) is 7.15. The van der Waals surface area contributed by atoms with E-state index in [1.165, 1.54) is 0 Å². The molecule has 2 heterocycles. The summed E-state index contributed by atoms with van der Waals surface area (Å²) < 4.78 is 5.07. The van der Waals surface area contributed by atoms with Gasteiger partial charge in [-0.2, -0.15) is 4.98 Å². The Morgan fingerprint density at radius 3 is 2.75 bits per heavy atom. The molecule has 1 aliphatic rings. The SMILES string of the molecule is COc1ncc(Cl)c(N2CCC(CNC(C)C)CC2)n1. The van der Waals surface area contributed by atoms with Crippen molar-refractivity contribution < 1.29 is 4.74 Å². The number of nitrogens with one attached hydrogen (secondary N) is 1. The number of ether oxygens (including phenoxy) is 1. The van der Waals surface area contributed by atoms with Crippen molar-refractivity contribution in [3.05, 3.63) is 11.2 Å². The fraction of sp³-hybridized carbons (Fsp3) is 0.714. The summed E-state index contributed by atoms with van der Waals surface area (Å²) in [5.74, 6) is 1.52. The minimum Gasteiger partial charge on any atom is -0.467 e. The highest BCUT2D eigenvalue weighted by Crippen LogP contribution is 2.28. The van der Waals surface area contributed by atoms with Crippen molar-refractivity contribution in [1.82, 2.24) is 15.3 Å². The summed E-state index contributed by atoms with van der Waals surface area (Å²) in [7, 11) is 1.57. The van der Waals surface area contributed by atoms with E-state index >= 15 is 0 Å². The quantitative estimate of drug-likeness (QED) is 0.904. The number of anilines is 1. The van der Waals surface area contributed by atoms with Crippen molar-refractivity contribution in [2.75, 3.05) is 31.6 Å². The van der Waals surface area contributed by atoms with Gasteiger partial charge in [0, 0.05) is 19.1 Å². The molecule has 1 saturated heterocycles. The predicted octanol–water partition coefficient (Wildman–Crippen LogP) is 2.35. The molecule has 0 aromatic carbocycles. The van der Waals surface area contributed by atoms with Crippen LogP contribution in [0, 0.1) is 5.92 Å². The number of rotatable bonds is 5. The van der Waals surface area contributed by atoms with Crippen molar-refractivity contribution in [3.8, 4) is 6.01 Å². The maximum atomic E-state index is 6.19. The van der Waals surface area contributed by atoms with E-state index in [0.29, 0.717) is 17.1 Å². The van der Waals surface area contributed by atoms with Crippen LogP contribution in [0.1, 0.15) is 26.7 Å². The highest BCUT2D eigenvalue weighted by molar-refractivity contribution is 6.32. The van der Waals surface area contributed by atoms with Crippen molar-refractivity contribution in [2.24, 2.45) is 5.92 Å². The van der Waals surface area contributed by atoms with Gasteiger partial charge in [-0.25, -0.2) is 4.98 Å². The second kappa shape index (κ2) is 7.09. The third kappa shape index (κ3) is 3.96. The van der Waals surface area contributed by atoms with E-state index in [2.05, 4.69) is 34.0 Å². The normalized spacial score (nSPS) is 16.8. The van der Waals surface area contributed by atoms with Gasteiger partial charge in [0.25, 0.3) is 0 Å². The van der Waals surface area contributed by atoms with E-state index in [9.17, 15) is 0 Å². The minimum absolute atomic E-state index is 0.369. The highest BCUT2D eigenvalue weighted by Gasteiger charge is 2.22. The molecule has 0 atom stereocenters. The maximum absolute atomic E-state index is 6.19. The van der Waals surface area contributed by atoms with Crippen LogP contribution in [-0.2, 0) is 0 Å². The van der Waals surface area contributed by atoms with Crippen molar-refractivity contribution in [2.45, 2.75) is 32.7 Å². The van der Waals surface area contributed by atoms with Crippen LogP contribution in [0.3, 0.4) is 0 Å². The number of nitrogens with zero attached hydrogens (tertiary/aromatic N) is 3. The van der Waals surface area contributed by atoms with E-state index in [1.807, 2.05) is 0 Å². The highest BCUT2D eigenvalue weighted by atomic mass is 35.5. The molecule has 1 fully saturated rings. The van der Waals surface area contributed by atoms with E-state index in [-0.39, 0.29) is 0 Å². The number of piperidine rings is 1. The standard InChI is InChI=1S/C14H23ClN4O/c1-10(2)16-8-11-4-6-19(7-5-11)13-12(15)9-17-14(18-13)20-3/h9-11,16H,4-8H2,1-3H3. The van der Waals surface area contributed by atoms with Crippen LogP contribution in [-0.4, -0.2) is 42.8 Å². The van der Waals surface area contributed by atoms with Gasteiger partial charge in [-0.1, -0.05) is 25.4 Å². The molecule has 1 aliphatic heterocycles. The first-order chi connectivity index (χ1) is 9.60. The monoisotopic (exact) mass is 298 g/mol. The maximum Gasteiger partial charge on any atom is 0.318 e. The lowest BCUT2D eigenvalue weighted by molar-refractivity contribution is 0.364. The topological polar surface area (TPSA) is 50.3 Å². The molecule has 1 aromatic rings. The third-order valence-corrected chi connectivity index (χ3v) is 3.88. The molecule has 0 radical (unpaired) electrons. The Morgan fingerprint density at radius 1 is 1.45 bits per heavy atom. The van der Waals surface area contributed by atoms with Gasteiger partial charge in [0.15, 0.2) is 5.82 Å². The molecule has 2 rings (SSSR count). The molecular weight excluding hydrogens is 276 g/mol. The number of halogens is 1. The van der Waals surface area contributed by atoms with Gasteiger partial charge in [0.05, 0.1) is 13.3 Å². The largest absolute Gasteiger partial charge is 0.467 e. The Hall–Kier alpha value is -1.07. The summed E-state index contributed by atoms with van der Waals surface area (Å²) in [5.41, 5.74) is 0. The van der Waals surface area contributed by atoms with Crippen LogP contribution in [0.15, 0.2) is 6.20 Å². The zero-order valence-electron chi connectivity index (χ0n) is 12.4. The lowest BCUT2D eigenvalue weighted by Gasteiger charge is -2.33. The molecule has 0 spiro atoms. The average Bonchev–Trinajstić information content (AvgIpc) is 2.46. The Morgan fingerprint density at radius 2 is 2.15 bits per heavy atom. The molecule has 112 valence electrons. The second-order valence-corrected chi connectivity index (χ2v) is 5.93. The van der Waals surface area contributed by atoms with E-state index in [1.54, 1.807) is 13.3 Å². The molecule has 20 heavy (non-hydrogen) atoms. The molecule has 5 nitrogen and oxygen atoms in total. The van der Waals surface area contributed by atoms with Crippen molar-refractivity contribution in [1.29, 1.82) is 0 Å². The number of methoxy groups -OCH3 is 1. The summed E-state index contributed by atoms with van der Waals surface area (Å²) in [4.78, 5) is 10.6. The van der Waals surface area contributed by atoms with Crippen LogP contribution >= 0.6 is 11.6 Å². The van der Waals surface area contributed by atoms with Crippen LogP contribution in [0.25, 0.3) is 0 Å². The van der Waals surface area contributed by atoms with Gasteiger partial charge in [0.1, 0.15) is 5.02 Å². The van der Waals surface area contributed by atoms with Gasteiger partial charge < -0.3 is 15.0 Å². The van der Waals surface area contributed by atoms with Crippen molar-refractivity contribution in [3.63, 3.8) is 0 Å². The zero-order chi connectivity index (χ0) is 14.5. The van der Waals surface area contributed by atoms with Gasteiger partial charge >= 0.3 is 6.01 Å². The summed E-state index contributed by atoms with van der Waals surface area (Å²) in [6.07, 6.45) is 3.92. The molecule has 0 amide bonds. The van der Waals surface area contributed by atoms with E-state index in [4.69, 9.17) is 16.3 Å². The fourth-order valence-electron chi connectivity index (χ4n) is 2.41. The van der Waals surface area contributed by atoms with Crippen LogP contribution in [0.2, 0.25) is 5.02 Å². The summed E-state index contributed by atoms with van der Waals surface area (Å²) in [5, 5.41) is 4.10. The Balaban J connectivity index is 1.93. The number of hydrogen-bond acceptors (Lipinski definition) is 5. The molecule has 0 aliphatic carbocycles.